The minimum Gasteiger partial charge on any atom is -0.399 e. The normalized spacial score (nSPS) is 15.9. The minimum absolute atomic E-state index is 0. The molecule has 0 bridgehead atoms. The van der Waals surface area contributed by atoms with Crippen molar-refractivity contribution in [2.75, 3.05) is 18.9 Å². The average Bonchev–Trinajstić information content (AvgIpc) is 2.58. The van der Waals surface area contributed by atoms with E-state index in [9.17, 15) is 9.18 Å². The van der Waals surface area contributed by atoms with Gasteiger partial charge < -0.3 is 15.8 Å². The fourth-order valence-corrected chi connectivity index (χ4v) is 3.16. The Labute approximate surface area is 153 Å². The number of benzene rings is 2. The number of nitrogen functional groups attached to an aromatic ring is 1. The highest BCUT2D eigenvalue weighted by molar-refractivity contribution is 5.97. The molecule has 1 aliphatic heterocycles. The van der Waals surface area contributed by atoms with Gasteiger partial charge in [-0.1, -0.05) is 18.2 Å². The number of ether oxygens (including phenoxy) is 1. The van der Waals surface area contributed by atoms with Gasteiger partial charge in [0.15, 0.2) is 0 Å². The largest absolute Gasteiger partial charge is 0.399 e. The number of amides is 1. The molecule has 0 aliphatic carbocycles. The van der Waals surface area contributed by atoms with Crippen LogP contribution >= 0.6 is 12.4 Å². The lowest BCUT2D eigenvalue weighted by molar-refractivity contribution is 0.0344. The summed E-state index contributed by atoms with van der Waals surface area (Å²) in [6, 6.07) is 11.7. The van der Waals surface area contributed by atoms with Gasteiger partial charge in [0.25, 0.3) is 5.91 Å². The molecule has 134 valence electrons. The van der Waals surface area contributed by atoms with Crippen molar-refractivity contribution in [3.05, 3.63) is 65.0 Å². The van der Waals surface area contributed by atoms with Crippen LogP contribution in [0.2, 0.25) is 0 Å². The van der Waals surface area contributed by atoms with Crippen molar-refractivity contribution < 1.29 is 13.9 Å². The van der Waals surface area contributed by atoms with E-state index in [-0.39, 0.29) is 24.1 Å². The summed E-state index contributed by atoms with van der Waals surface area (Å²) in [5.41, 5.74) is 7.88. The zero-order valence-electron chi connectivity index (χ0n) is 14.0. The third kappa shape index (κ3) is 4.11. The zero-order valence-corrected chi connectivity index (χ0v) is 14.9. The molecule has 2 aromatic carbocycles. The highest BCUT2D eigenvalue weighted by Gasteiger charge is 2.36. The monoisotopic (exact) mass is 364 g/mol. The maximum Gasteiger partial charge on any atom is 0.252 e. The lowest BCUT2D eigenvalue weighted by atomic mass is 9.82. The Hall–Kier alpha value is -2.11. The van der Waals surface area contributed by atoms with Crippen LogP contribution < -0.4 is 11.1 Å². The molecule has 6 heteroatoms. The van der Waals surface area contributed by atoms with Crippen LogP contribution in [0.15, 0.2) is 42.5 Å². The Bertz CT molecular complexity index is 761. The number of halogens is 2. The van der Waals surface area contributed by atoms with E-state index in [0.29, 0.717) is 37.3 Å². The maximum atomic E-state index is 13.7. The van der Waals surface area contributed by atoms with E-state index >= 15 is 0 Å². The maximum absolute atomic E-state index is 13.7. The summed E-state index contributed by atoms with van der Waals surface area (Å²) < 4.78 is 19.2. The Morgan fingerprint density at radius 1 is 1.20 bits per heavy atom. The topological polar surface area (TPSA) is 64.4 Å². The van der Waals surface area contributed by atoms with Crippen LogP contribution in [0.3, 0.4) is 0 Å². The van der Waals surface area contributed by atoms with Crippen molar-refractivity contribution in [3.63, 3.8) is 0 Å². The summed E-state index contributed by atoms with van der Waals surface area (Å²) in [6.45, 7) is 2.91. The van der Waals surface area contributed by atoms with Gasteiger partial charge in [-0.15, -0.1) is 12.4 Å². The molecule has 1 fully saturated rings. The average molecular weight is 365 g/mol. The Kier molecular flexibility index (Phi) is 6.03. The van der Waals surface area contributed by atoms with E-state index in [1.807, 2.05) is 19.1 Å². The number of nitrogens with one attached hydrogen (secondary N) is 1. The van der Waals surface area contributed by atoms with Gasteiger partial charge in [-0.25, -0.2) is 4.39 Å². The molecule has 3 rings (SSSR count). The third-order valence-electron chi connectivity index (χ3n) is 4.58. The molecular formula is C19H22ClFN2O2. The Morgan fingerprint density at radius 2 is 1.92 bits per heavy atom. The van der Waals surface area contributed by atoms with E-state index in [4.69, 9.17) is 10.5 Å². The van der Waals surface area contributed by atoms with E-state index in [1.54, 1.807) is 18.2 Å². The summed E-state index contributed by atoms with van der Waals surface area (Å²) in [6.07, 6.45) is 1.20. The summed E-state index contributed by atoms with van der Waals surface area (Å²) in [5, 5.41) is 3.12. The van der Waals surface area contributed by atoms with Crippen molar-refractivity contribution >= 4 is 24.0 Å². The summed E-state index contributed by atoms with van der Waals surface area (Å²) >= 11 is 0. The molecule has 4 nitrogen and oxygen atoms in total. The number of carbonyl (C=O) groups excluding carboxylic acids is 1. The number of hydrogen-bond acceptors (Lipinski definition) is 3. The molecule has 1 heterocycles. The molecule has 0 unspecified atom stereocenters. The molecule has 1 aliphatic rings. The first-order valence-electron chi connectivity index (χ1n) is 8.03. The smallest absolute Gasteiger partial charge is 0.252 e. The van der Waals surface area contributed by atoms with Crippen molar-refractivity contribution in [2.24, 2.45) is 0 Å². The zero-order chi connectivity index (χ0) is 17.2. The first kappa shape index (κ1) is 19.2. The molecule has 0 radical (unpaired) electrons. The molecular weight excluding hydrogens is 343 g/mol. The van der Waals surface area contributed by atoms with Crippen LogP contribution in [0.4, 0.5) is 10.1 Å². The second-order valence-corrected chi connectivity index (χ2v) is 6.23. The van der Waals surface area contributed by atoms with Crippen molar-refractivity contribution in [2.45, 2.75) is 25.3 Å². The van der Waals surface area contributed by atoms with Gasteiger partial charge in [0, 0.05) is 24.5 Å². The molecule has 0 saturated carbocycles. The Morgan fingerprint density at radius 3 is 2.60 bits per heavy atom. The predicted octanol–water partition coefficient (Wildman–Crippen LogP) is 3.57. The minimum atomic E-state index is -0.630. The number of rotatable bonds is 3. The van der Waals surface area contributed by atoms with E-state index in [0.717, 1.165) is 11.1 Å². The SMILES string of the molecule is Cc1ccc(N)cc1C(=O)NC1(c2cccc(F)c2)CCOCC1.Cl. The van der Waals surface area contributed by atoms with Gasteiger partial charge >= 0.3 is 0 Å². The standard InChI is InChI=1S/C19H21FN2O2.ClH/c1-13-5-6-16(21)12-17(13)18(23)22-19(7-9-24-10-8-19)14-3-2-4-15(20)11-14;/h2-6,11-12H,7-10,21H2,1H3,(H,22,23);1H. The quantitative estimate of drug-likeness (QED) is 0.818. The number of anilines is 1. The van der Waals surface area contributed by atoms with Crippen LogP contribution in [-0.4, -0.2) is 19.1 Å². The van der Waals surface area contributed by atoms with Crippen LogP contribution in [0.5, 0.6) is 0 Å². The Balaban J connectivity index is 0.00000225. The van der Waals surface area contributed by atoms with E-state index in [2.05, 4.69) is 5.32 Å². The number of aryl methyl sites for hydroxylation is 1. The molecule has 3 N–H and O–H groups in total. The molecule has 0 spiro atoms. The summed E-state index contributed by atoms with van der Waals surface area (Å²) in [4.78, 5) is 12.8. The van der Waals surface area contributed by atoms with Crippen LogP contribution in [-0.2, 0) is 10.3 Å². The molecule has 1 saturated heterocycles. The fourth-order valence-electron chi connectivity index (χ4n) is 3.16. The number of carbonyl (C=O) groups is 1. The second kappa shape index (κ2) is 7.85. The van der Waals surface area contributed by atoms with Gasteiger partial charge in [0.1, 0.15) is 5.82 Å². The second-order valence-electron chi connectivity index (χ2n) is 6.23. The van der Waals surface area contributed by atoms with Gasteiger partial charge in [-0.2, -0.15) is 0 Å². The van der Waals surface area contributed by atoms with Crippen molar-refractivity contribution in [1.82, 2.24) is 5.32 Å². The van der Waals surface area contributed by atoms with Crippen molar-refractivity contribution in [1.29, 1.82) is 0 Å². The van der Waals surface area contributed by atoms with Crippen LogP contribution in [0.25, 0.3) is 0 Å². The van der Waals surface area contributed by atoms with Crippen LogP contribution in [0.1, 0.15) is 34.3 Å². The molecule has 2 aromatic rings. The highest BCUT2D eigenvalue weighted by atomic mass is 35.5. The lowest BCUT2D eigenvalue weighted by Gasteiger charge is -2.38. The van der Waals surface area contributed by atoms with Gasteiger partial charge in [-0.3, -0.25) is 4.79 Å². The summed E-state index contributed by atoms with van der Waals surface area (Å²) in [5.74, 6) is -0.515. The third-order valence-corrected chi connectivity index (χ3v) is 4.58. The summed E-state index contributed by atoms with van der Waals surface area (Å²) in [7, 11) is 0. The lowest BCUT2D eigenvalue weighted by Crippen LogP contribution is -2.49. The number of nitrogens with two attached hydrogens (primary N) is 1. The van der Waals surface area contributed by atoms with Gasteiger partial charge in [-0.05, 0) is 55.2 Å². The van der Waals surface area contributed by atoms with Gasteiger partial charge in [0.2, 0.25) is 0 Å². The predicted molar refractivity (Wildman–Crippen MR) is 98.4 cm³/mol. The fraction of sp³-hybridized carbons (Fsp3) is 0.316. The van der Waals surface area contributed by atoms with E-state index in [1.165, 1.54) is 12.1 Å². The van der Waals surface area contributed by atoms with Crippen molar-refractivity contribution in [3.8, 4) is 0 Å². The first-order valence-corrected chi connectivity index (χ1v) is 8.03. The van der Waals surface area contributed by atoms with E-state index < -0.39 is 5.54 Å². The molecule has 0 atom stereocenters. The molecule has 25 heavy (non-hydrogen) atoms. The molecule has 1 amide bonds. The molecule has 0 aromatic heterocycles. The number of hydrogen-bond donors (Lipinski definition) is 2. The van der Waals surface area contributed by atoms with Crippen LogP contribution in [0, 0.1) is 12.7 Å². The van der Waals surface area contributed by atoms with Gasteiger partial charge in [0.05, 0.1) is 5.54 Å². The highest BCUT2D eigenvalue weighted by Crippen LogP contribution is 2.33. The first-order chi connectivity index (χ1) is 11.5.